The minimum absolute atomic E-state index is 0.0316. The molecule has 5 heterocycles. The van der Waals surface area contributed by atoms with Gasteiger partial charge in [-0.25, -0.2) is 4.98 Å². The summed E-state index contributed by atoms with van der Waals surface area (Å²) in [6.07, 6.45) is 7.21. The molecule has 4 aromatic rings. The number of anilines is 1. The lowest BCUT2D eigenvalue weighted by Gasteiger charge is -2.36. The number of nitrogens with one attached hydrogen (secondary N) is 1. The highest BCUT2D eigenvalue weighted by Gasteiger charge is 2.35. The Kier molecular flexibility index (Phi) is 4.91. The number of carbonyl (C=O) groups is 1. The molecule has 1 N–H and O–H groups in total. The van der Waals surface area contributed by atoms with Gasteiger partial charge in [0.2, 0.25) is 0 Å². The van der Waals surface area contributed by atoms with Crippen LogP contribution >= 0.6 is 11.6 Å². The molecule has 0 bridgehead atoms. The maximum Gasteiger partial charge on any atom is 0.264 e. The van der Waals surface area contributed by atoms with E-state index in [1.165, 1.54) is 0 Å². The summed E-state index contributed by atoms with van der Waals surface area (Å²) in [5.74, 6) is 0.769. The van der Waals surface area contributed by atoms with Gasteiger partial charge in [-0.05, 0) is 42.0 Å². The van der Waals surface area contributed by atoms with E-state index in [9.17, 15) is 4.79 Å². The summed E-state index contributed by atoms with van der Waals surface area (Å²) in [5, 5.41) is 1.62. The van der Waals surface area contributed by atoms with Gasteiger partial charge < -0.3 is 19.5 Å². The van der Waals surface area contributed by atoms with Crippen LogP contribution in [0.25, 0.3) is 22.2 Å². The second-order valence-electron chi connectivity index (χ2n) is 8.37. The number of pyridine rings is 2. The summed E-state index contributed by atoms with van der Waals surface area (Å²) in [5.41, 5.74) is 4.78. The Morgan fingerprint density at radius 1 is 1.03 bits per heavy atom. The molecule has 1 aromatic carbocycles. The Morgan fingerprint density at radius 2 is 1.85 bits per heavy atom. The van der Waals surface area contributed by atoms with Crippen molar-refractivity contribution in [3.8, 4) is 16.9 Å². The third-order valence-electron chi connectivity index (χ3n) is 6.44. The molecule has 0 saturated carbocycles. The first-order valence-corrected chi connectivity index (χ1v) is 11.4. The van der Waals surface area contributed by atoms with Crippen LogP contribution in [-0.2, 0) is 11.2 Å². The molecule has 1 fully saturated rings. The van der Waals surface area contributed by atoms with Crippen LogP contribution in [0.1, 0.15) is 5.56 Å². The summed E-state index contributed by atoms with van der Waals surface area (Å²) in [6, 6.07) is 11.8. The van der Waals surface area contributed by atoms with Gasteiger partial charge in [-0.1, -0.05) is 11.6 Å². The number of H-pyrrole nitrogens is 1. The number of ether oxygens (including phenoxy) is 1. The van der Waals surface area contributed by atoms with Gasteiger partial charge in [0.05, 0.1) is 0 Å². The molecule has 1 amide bonds. The van der Waals surface area contributed by atoms with E-state index in [-0.39, 0.29) is 5.91 Å². The number of piperazine rings is 1. The van der Waals surface area contributed by atoms with E-state index in [0.717, 1.165) is 52.3 Å². The number of carbonyl (C=O) groups excluding carboxylic acids is 1. The van der Waals surface area contributed by atoms with Gasteiger partial charge in [0.15, 0.2) is 6.10 Å². The van der Waals surface area contributed by atoms with E-state index in [1.54, 1.807) is 18.6 Å². The van der Waals surface area contributed by atoms with Gasteiger partial charge in [-0.3, -0.25) is 9.78 Å². The molecule has 0 radical (unpaired) electrons. The number of hydrogen-bond donors (Lipinski definition) is 1. The van der Waals surface area contributed by atoms with Crippen LogP contribution in [0.3, 0.4) is 0 Å². The maximum atomic E-state index is 13.3. The molecule has 7 nitrogen and oxygen atoms in total. The van der Waals surface area contributed by atoms with E-state index in [0.29, 0.717) is 24.5 Å². The molecular formula is C25H22ClN5O2. The first-order valence-electron chi connectivity index (χ1n) is 11.0. The van der Waals surface area contributed by atoms with Gasteiger partial charge >= 0.3 is 0 Å². The molecular weight excluding hydrogens is 438 g/mol. The van der Waals surface area contributed by atoms with E-state index in [2.05, 4.69) is 19.9 Å². The molecule has 8 heteroatoms. The van der Waals surface area contributed by atoms with Crippen molar-refractivity contribution in [2.75, 3.05) is 31.1 Å². The number of hydrogen-bond acceptors (Lipinski definition) is 5. The van der Waals surface area contributed by atoms with Crippen LogP contribution in [-0.4, -0.2) is 58.0 Å². The zero-order valence-corrected chi connectivity index (χ0v) is 18.6. The Hall–Kier alpha value is -3.58. The fraction of sp³-hybridized carbons (Fsp3) is 0.240. The normalized spacial score (nSPS) is 17.8. The van der Waals surface area contributed by atoms with Gasteiger partial charge in [-0.15, -0.1) is 0 Å². The fourth-order valence-electron chi connectivity index (χ4n) is 4.80. The predicted octanol–water partition coefficient (Wildman–Crippen LogP) is 3.93. The van der Waals surface area contributed by atoms with Gasteiger partial charge in [0, 0.05) is 84.6 Å². The van der Waals surface area contributed by atoms with Crippen molar-refractivity contribution in [1.82, 2.24) is 19.9 Å². The number of fused-ring (bicyclic) bond motifs is 2. The topological polar surface area (TPSA) is 74.4 Å². The van der Waals surface area contributed by atoms with E-state index < -0.39 is 6.10 Å². The number of aromatic nitrogens is 3. The van der Waals surface area contributed by atoms with Crippen LogP contribution < -0.4 is 9.64 Å². The van der Waals surface area contributed by atoms with E-state index in [1.807, 2.05) is 47.5 Å². The van der Waals surface area contributed by atoms with Gasteiger partial charge in [0.1, 0.15) is 11.4 Å². The quantitative estimate of drug-likeness (QED) is 0.502. The fourth-order valence-corrected chi connectivity index (χ4v) is 5.04. The predicted molar refractivity (Wildman–Crippen MR) is 128 cm³/mol. The van der Waals surface area contributed by atoms with Crippen LogP contribution in [0.15, 0.2) is 61.2 Å². The average Bonchev–Trinajstić information content (AvgIpc) is 3.51. The lowest BCUT2D eigenvalue weighted by molar-refractivity contribution is -0.138. The number of amides is 1. The van der Waals surface area contributed by atoms with Crippen molar-refractivity contribution in [1.29, 1.82) is 0 Å². The molecule has 166 valence electrons. The summed E-state index contributed by atoms with van der Waals surface area (Å²) in [6.45, 7) is 2.91. The van der Waals surface area contributed by atoms with Crippen LogP contribution in [0, 0.1) is 0 Å². The Morgan fingerprint density at radius 3 is 2.67 bits per heavy atom. The molecule has 0 spiro atoms. The molecule has 0 unspecified atom stereocenters. The third kappa shape index (κ3) is 3.58. The SMILES string of the molecule is O=C([C@@H]1Cc2cc(Cl)cc(-c3ccnc4[nH]ccc34)c2O1)N1CCN(c2ccncc2)CC1. The summed E-state index contributed by atoms with van der Waals surface area (Å²) in [7, 11) is 0. The van der Waals surface area contributed by atoms with Crippen molar-refractivity contribution in [2.24, 2.45) is 0 Å². The van der Waals surface area contributed by atoms with Crippen LogP contribution in [0.5, 0.6) is 5.75 Å². The second kappa shape index (κ2) is 8.08. The number of aromatic amines is 1. The average molecular weight is 460 g/mol. The van der Waals surface area contributed by atoms with Crippen LogP contribution in [0.2, 0.25) is 5.02 Å². The molecule has 0 aliphatic carbocycles. The second-order valence-corrected chi connectivity index (χ2v) is 8.80. The Bertz CT molecular complexity index is 1330. The number of rotatable bonds is 3. The minimum Gasteiger partial charge on any atom is -0.479 e. The van der Waals surface area contributed by atoms with Crippen LogP contribution in [0.4, 0.5) is 5.69 Å². The molecule has 2 aliphatic heterocycles. The lowest BCUT2D eigenvalue weighted by atomic mass is 9.99. The zero-order chi connectivity index (χ0) is 22.4. The third-order valence-corrected chi connectivity index (χ3v) is 6.66. The van der Waals surface area contributed by atoms with Gasteiger partial charge in [-0.2, -0.15) is 0 Å². The highest BCUT2D eigenvalue weighted by Crippen LogP contribution is 2.43. The molecule has 6 rings (SSSR count). The summed E-state index contributed by atoms with van der Waals surface area (Å²) >= 11 is 6.47. The number of benzene rings is 1. The Balaban J connectivity index is 1.22. The molecule has 1 saturated heterocycles. The summed E-state index contributed by atoms with van der Waals surface area (Å²) < 4.78 is 6.30. The standard InChI is InChI=1S/C25H22ClN5O2/c26-17-13-16-14-22(25(32)31-11-9-30(10-12-31)18-1-5-27-6-2-18)33-23(16)21(15-17)19-3-7-28-24-20(19)4-8-29-24/h1-8,13,15,22H,9-12,14H2,(H,28,29)/t22-/m0/s1. The monoisotopic (exact) mass is 459 g/mol. The first-order chi connectivity index (χ1) is 16.2. The zero-order valence-electron chi connectivity index (χ0n) is 17.9. The van der Waals surface area contributed by atoms with Gasteiger partial charge in [0.25, 0.3) is 5.91 Å². The van der Waals surface area contributed by atoms with E-state index >= 15 is 0 Å². The number of halogens is 1. The van der Waals surface area contributed by atoms with E-state index in [4.69, 9.17) is 16.3 Å². The largest absolute Gasteiger partial charge is 0.479 e. The van der Waals surface area contributed by atoms with Crippen molar-refractivity contribution < 1.29 is 9.53 Å². The number of nitrogens with zero attached hydrogens (tertiary/aromatic N) is 4. The molecule has 3 aromatic heterocycles. The highest BCUT2D eigenvalue weighted by molar-refractivity contribution is 6.31. The summed E-state index contributed by atoms with van der Waals surface area (Å²) in [4.78, 5) is 29.1. The molecule has 1 atom stereocenters. The van der Waals surface area contributed by atoms with Crippen molar-refractivity contribution in [3.05, 3.63) is 71.8 Å². The maximum absolute atomic E-state index is 13.3. The van der Waals surface area contributed by atoms with Crippen molar-refractivity contribution in [3.63, 3.8) is 0 Å². The molecule has 33 heavy (non-hydrogen) atoms. The Labute approximate surface area is 196 Å². The smallest absolute Gasteiger partial charge is 0.264 e. The minimum atomic E-state index is -0.534. The highest BCUT2D eigenvalue weighted by atomic mass is 35.5. The molecule has 2 aliphatic rings. The van der Waals surface area contributed by atoms with Crippen molar-refractivity contribution in [2.45, 2.75) is 12.5 Å². The van der Waals surface area contributed by atoms with Crippen molar-refractivity contribution >= 4 is 34.2 Å². The lowest BCUT2D eigenvalue weighted by Crippen LogP contribution is -2.52. The first kappa shape index (κ1) is 20.1.